The fourth-order valence-corrected chi connectivity index (χ4v) is 2.94. The quantitative estimate of drug-likeness (QED) is 0.524. The summed E-state index contributed by atoms with van der Waals surface area (Å²) in [6.07, 6.45) is -4.26. The number of halogens is 3. The Kier molecular flexibility index (Phi) is 7.83. The molecule has 0 radical (unpaired) electrons. The number of aliphatic carboxylic acids is 1. The molecule has 176 valence electrons. The molecule has 0 saturated carbocycles. The van der Waals surface area contributed by atoms with Gasteiger partial charge in [-0.05, 0) is 24.0 Å². The Morgan fingerprint density at radius 3 is 2.50 bits per heavy atom. The van der Waals surface area contributed by atoms with E-state index in [1.807, 2.05) is 42.7 Å². The van der Waals surface area contributed by atoms with E-state index in [2.05, 4.69) is 15.6 Å². The van der Waals surface area contributed by atoms with Gasteiger partial charge in [-0.15, -0.1) is 0 Å². The first-order valence-corrected chi connectivity index (χ1v) is 9.78. The molecular formula is C20H25F3N4O5. The lowest BCUT2D eigenvalue weighted by Crippen LogP contribution is -2.38. The summed E-state index contributed by atoms with van der Waals surface area (Å²) in [5.41, 5.74) is 1.56. The van der Waals surface area contributed by atoms with E-state index in [-0.39, 0.29) is 30.3 Å². The van der Waals surface area contributed by atoms with E-state index in [0.29, 0.717) is 25.5 Å². The van der Waals surface area contributed by atoms with E-state index in [4.69, 9.17) is 9.90 Å². The molecule has 0 aliphatic carbocycles. The summed E-state index contributed by atoms with van der Waals surface area (Å²) in [6.45, 7) is 4.89. The van der Waals surface area contributed by atoms with Crippen LogP contribution in [0.5, 0.6) is 0 Å². The van der Waals surface area contributed by atoms with Gasteiger partial charge >= 0.3 is 12.1 Å². The fourth-order valence-electron chi connectivity index (χ4n) is 2.94. The molecule has 2 heterocycles. The number of carboxylic acid groups (broad SMARTS) is 1. The summed E-state index contributed by atoms with van der Waals surface area (Å²) < 4.78 is 33.7. The second-order valence-electron chi connectivity index (χ2n) is 8.15. The Hall–Kier alpha value is -3.15. The van der Waals surface area contributed by atoms with Crippen molar-refractivity contribution in [1.29, 1.82) is 0 Å². The molecule has 2 aromatic rings. The Labute approximate surface area is 181 Å². The third-order valence-electron chi connectivity index (χ3n) is 4.89. The van der Waals surface area contributed by atoms with E-state index in [1.54, 1.807) is 0 Å². The third kappa shape index (κ3) is 6.67. The molecule has 0 fully saturated rings. The average molecular weight is 458 g/mol. The normalized spacial score (nSPS) is 15.9. The molecule has 9 nitrogen and oxygen atoms in total. The molecule has 4 N–H and O–H groups in total. The van der Waals surface area contributed by atoms with Crippen LogP contribution in [-0.4, -0.2) is 56.9 Å². The minimum atomic E-state index is -5.08. The van der Waals surface area contributed by atoms with Crippen LogP contribution in [-0.2, 0) is 20.9 Å². The number of hydrogen-bond donors (Lipinski definition) is 4. The Bertz CT molecular complexity index is 987. The van der Waals surface area contributed by atoms with Gasteiger partial charge in [0.25, 0.3) is 0 Å². The van der Waals surface area contributed by atoms with Crippen LogP contribution in [0.3, 0.4) is 0 Å². The number of aromatic nitrogens is 2. The van der Waals surface area contributed by atoms with E-state index in [9.17, 15) is 27.9 Å². The van der Waals surface area contributed by atoms with Crippen molar-refractivity contribution in [3.05, 3.63) is 24.3 Å². The molecule has 1 unspecified atom stereocenters. The van der Waals surface area contributed by atoms with Crippen molar-refractivity contribution in [3.63, 3.8) is 0 Å². The van der Waals surface area contributed by atoms with Crippen LogP contribution in [0, 0.1) is 11.3 Å². The van der Waals surface area contributed by atoms with Crippen LogP contribution >= 0.6 is 0 Å². The molecule has 32 heavy (non-hydrogen) atoms. The first-order valence-electron chi connectivity index (χ1n) is 9.78. The molecule has 3 rings (SSSR count). The summed E-state index contributed by atoms with van der Waals surface area (Å²) in [5.74, 6) is -2.97. The zero-order valence-corrected chi connectivity index (χ0v) is 17.6. The minimum absolute atomic E-state index is 0.0738. The SMILES string of the molecule is CC(C)(CO)CCNC(=O)CC1Cn2c(nc3ccccc32)NC1=O.O=C(O)C(F)(F)F. The van der Waals surface area contributed by atoms with E-state index in [1.165, 1.54) is 0 Å². The van der Waals surface area contributed by atoms with Crippen molar-refractivity contribution in [1.82, 2.24) is 14.9 Å². The molecule has 1 aromatic heterocycles. The van der Waals surface area contributed by atoms with Crippen molar-refractivity contribution in [2.24, 2.45) is 11.3 Å². The van der Waals surface area contributed by atoms with Crippen LogP contribution in [0.15, 0.2) is 24.3 Å². The molecule has 12 heteroatoms. The van der Waals surface area contributed by atoms with Gasteiger partial charge < -0.3 is 20.1 Å². The smallest absolute Gasteiger partial charge is 0.475 e. The van der Waals surface area contributed by atoms with E-state index in [0.717, 1.165) is 11.0 Å². The number of carbonyl (C=O) groups is 3. The zero-order valence-electron chi connectivity index (χ0n) is 17.6. The highest BCUT2D eigenvalue weighted by atomic mass is 19.4. The topological polar surface area (TPSA) is 134 Å². The molecule has 2 amide bonds. The van der Waals surface area contributed by atoms with Gasteiger partial charge in [0.15, 0.2) is 0 Å². The number of benzene rings is 1. The van der Waals surface area contributed by atoms with E-state index < -0.39 is 18.1 Å². The Balaban J connectivity index is 0.000000451. The predicted octanol–water partition coefficient (Wildman–Crippen LogP) is 2.15. The number of para-hydroxylation sites is 2. The van der Waals surface area contributed by atoms with Crippen LogP contribution in [0.4, 0.5) is 19.1 Å². The number of nitrogens with zero attached hydrogens (tertiary/aromatic N) is 2. The molecule has 0 bridgehead atoms. The van der Waals surface area contributed by atoms with Gasteiger partial charge in [0, 0.05) is 26.1 Å². The summed E-state index contributed by atoms with van der Waals surface area (Å²) >= 11 is 0. The number of rotatable bonds is 6. The highest BCUT2D eigenvalue weighted by Gasteiger charge is 2.38. The standard InChI is InChI=1S/C18H24N4O3.C2HF3O2/c1-18(2,11-23)7-8-19-15(24)9-12-10-22-14-6-4-3-5-13(14)20-17(22)21-16(12)25;3-2(4,5)1(6)7/h3-6,12,23H,7-11H2,1-2H3,(H,19,24)(H,20,21,25);(H,6,7). The second-order valence-corrected chi connectivity index (χ2v) is 8.15. The van der Waals surface area contributed by atoms with Crippen molar-refractivity contribution < 1.29 is 37.8 Å². The molecule has 1 atom stereocenters. The average Bonchev–Trinajstić information content (AvgIpc) is 3.05. The lowest BCUT2D eigenvalue weighted by molar-refractivity contribution is -0.192. The Morgan fingerprint density at radius 1 is 1.28 bits per heavy atom. The maximum atomic E-state index is 12.3. The molecule has 0 saturated heterocycles. The lowest BCUT2D eigenvalue weighted by Gasteiger charge is -2.24. The van der Waals surface area contributed by atoms with Gasteiger partial charge in [-0.1, -0.05) is 26.0 Å². The monoisotopic (exact) mass is 458 g/mol. The Morgan fingerprint density at radius 2 is 1.91 bits per heavy atom. The van der Waals surface area contributed by atoms with Crippen molar-refractivity contribution >= 4 is 34.8 Å². The number of alkyl halides is 3. The van der Waals surface area contributed by atoms with Gasteiger partial charge in [0.2, 0.25) is 17.8 Å². The van der Waals surface area contributed by atoms with Crippen molar-refractivity contribution in [2.45, 2.75) is 39.4 Å². The number of imidazole rings is 1. The predicted molar refractivity (Wildman–Crippen MR) is 109 cm³/mol. The molecule has 1 aromatic carbocycles. The van der Waals surface area contributed by atoms with Gasteiger partial charge in [0.1, 0.15) is 0 Å². The molecule has 0 spiro atoms. The fraction of sp³-hybridized carbons (Fsp3) is 0.500. The highest BCUT2D eigenvalue weighted by molar-refractivity contribution is 5.97. The molecule has 1 aliphatic rings. The van der Waals surface area contributed by atoms with Gasteiger partial charge in [-0.2, -0.15) is 13.2 Å². The number of carboxylic acids is 1. The number of fused-ring (bicyclic) bond motifs is 3. The molecular weight excluding hydrogens is 433 g/mol. The first-order chi connectivity index (χ1) is 14.8. The number of anilines is 1. The maximum absolute atomic E-state index is 12.3. The number of nitrogens with one attached hydrogen (secondary N) is 2. The number of carbonyl (C=O) groups excluding carboxylic acids is 2. The number of hydrogen-bond acceptors (Lipinski definition) is 5. The van der Waals surface area contributed by atoms with Crippen LogP contribution in [0.25, 0.3) is 11.0 Å². The summed E-state index contributed by atoms with van der Waals surface area (Å²) in [6, 6.07) is 7.69. The zero-order chi connectivity index (χ0) is 24.1. The lowest BCUT2D eigenvalue weighted by atomic mass is 9.90. The summed E-state index contributed by atoms with van der Waals surface area (Å²) in [5, 5.41) is 22.0. The maximum Gasteiger partial charge on any atom is 0.490 e. The van der Waals surface area contributed by atoms with Gasteiger partial charge in [-0.25, -0.2) is 9.78 Å². The third-order valence-corrected chi connectivity index (χ3v) is 4.89. The number of amides is 2. The van der Waals surface area contributed by atoms with Crippen LogP contribution < -0.4 is 10.6 Å². The first kappa shape index (κ1) is 25.1. The van der Waals surface area contributed by atoms with Crippen LogP contribution in [0.1, 0.15) is 26.7 Å². The van der Waals surface area contributed by atoms with Crippen molar-refractivity contribution in [3.8, 4) is 0 Å². The summed E-state index contributed by atoms with van der Waals surface area (Å²) in [4.78, 5) is 37.7. The van der Waals surface area contributed by atoms with Crippen molar-refractivity contribution in [2.75, 3.05) is 18.5 Å². The minimum Gasteiger partial charge on any atom is -0.475 e. The second kappa shape index (κ2) is 9.98. The largest absolute Gasteiger partial charge is 0.490 e. The van der Waals surface area contributed by atoms with Gasteiger partial charge in [0.05, 0.1) is 17.0 Å². The van der Waals surface area contributed by atoms with Gasteiger partial charge in [-0.3, -0.25) is 14.9 Å². The number of aliphatic hydroxyl groups excluding tert-OH is 1. The van der Waals surface area contributed by atoms with E-state index >= 15 is 0 Å². The number of aliphatic hydroxyl groups is 1. The highest BCUT2D eigenvalue weighted by Crippen LogP contribution is 2.26. The summed E-state index contributed by atoms with van der Waals surface area (Å²) in [7, 11) is 0. The van der Waals surface area contributed by atoms with Crippen LogP contribution in [0.2, 0.25) is 0 Å². The molecule has 1 aliphatic heterocycles.